The van der Waals surface area contributed by atoms with Crippen LogP contribution in [0.1, 0.15) is 30.9 Å². The molecule has 0 radical (unpaired) electrons. The molecule has 0 N–H and O–H groups in total. The van der Waals surface area contributed by atoms with Crippen molar-refractivity contribution in [2.45, 2.75) is 38.9 Å². The van der Waals surface area contributed by atoms with Gasteiger partial charge < -0.3 is 4.74 Å². The van der Waals surface area contributed by atoms with E-state index in [1.165, 1.54) is 30.5 Å². The summed E-state index contributed by atoms with van der Waals surface area (Å²) in [4.78, 5) is 9.31. The zero-order chi connectivity index (χ0) is 17.5. The molecule has 1 aliphatic rings. The molecule has 4 heteroatoms. The minimum Gasteiger partial charge on any atom is -0.496 e. The van der Waals surface area contributed by atoms with Crippen molar-refractivity contribution in [1.29, 1.82) is 0 Å². The van der Waals surface area contributed by atoms with E-state index in [1.54, 1.807) is 7.11 Å². The van der Waals surface area contributed by atoms with Crippen molar-refractivity contribution in [3.05, 3.63) is 59.9 Å². The number of hydrogen-bond acceptors (Lipinski definition) is 4. The summed E-state index contributed by atoms with van der Waals surface area (Å²) >= 11 is 0. The maximum Gasteiger partial charge on any atom is 0.123 e. The van der Waals surface area contributed by atoms with Crippen LogP contribution in [0.5, 0.6) is 5.75 Å². The summed E-state index contributed by atoms with van der Waals surface area (Å²) in [6, 6.07) is 13.2. The number of likely N-dealkylation sites (N-methyl/N-ethyl adjacent to an activating group) is 1. The monoisotopic (exact) mass is 339 g/mol. The number of likely N-dealkylation sites (tertiary alicyclic amines) is 1. The first kappa shape index (κ1) is 17.9. The first-order valence-corrected chi connectivity index (χ1v) is 9.27. The van der Waals surface area contributed by atoms with Crippen LogP contribution in [0.3, 0.4) is 0 Å². The molecule has 0 aliphatic carbocycles. The summed E-state index contributed by atoms with van der Waals surface area (Å²) in [5, 5.41) is 0. The van der Waals surface area contributed by atoms with Crippen LogP contribution in [0.4, 0.5) is 0 Å². The summed E-state index contributed by atoms with van der Waals surface area (Å²) in [7, 11) is 1.75. The van der Waals surface area contributed by atoms with Gasteiger partial charge in [-0.1, -0.05) is 25.1 Å². The van der Waals surface area contributed by atoms with Crippen LogP contribution in [0.2, 0.25) is 0 Å². The molecule has 1 aromatic carbocycles. The number of rotatable bonds is 8. The van der Waals surface area contributed by atoms with Crippen LogP contribution >= 0.6 is 0 Å². The highest BCUT2D eigenvalue weighted by Gasteiger charge is 2.25. The Hall–Kier alpha value is -1.91. The van der Waals surface area contributed by atoms with Crippen LogP contribution in [-0.2, 0) is 13.1 Å². The average molecular weight is 339 g/mol. The zero-order valence-electron chi connectivity index (χ0n) is 15.4. The standard InChI is InChI=1S/C21H29N3O/c1-3-24-14-6-8-20(24)17-23(15-18-10-12-22-13-11-18)16-19-7-4-5-9-21(19)25-2/h4-5,7,9-13,20H,3,6,8,14-17H2,1-2H3/t20-/m0/s1. The van der Waals surface area contributed by atoms with Crippen LogP contribution in [-0.4, -0.2) is 47.6 Å². The quantitative estimate of drug-likeness (QED) is 0.735. The topological polar surface area (TPSA) is 28.6 Å². The average Bonchev–Trinajstić information content (AvgIpc) is 3.10. The van der Waals surface area contributed by atoms with Crippen LogP contribution in [0.15, 0.2) is 48.8 Å². The van der Waals surface area contributed by atoms with E-state index in [4.69, 9.17) is 4.74 Å². The first-order chi connectivity index (χ1) is 12.3. The highest BCUT2D eigenvalue weighted by atomic mass is 16.5. The molecule has 0 bridgehead atoms. The Labute approximate surface area is 151 Å². The molecule has 4 nitrogen and oxygen atoms in total. The van der Waals surface area contributed by atoms with Crippen LogP contribution in [0.25, 0.3) is 0 Å². The number of pyridine rings is 1. The van der Waals surface area contributed by atoms with Gasteiger partial charge in [0.25, 0.3) is 0 Å². The molecule has 0 saturated carbocycles. The third-order valence-corrected chi connectivity index (χ3v) is 5.12. The minimum atomic E-state index is 0.654. The first-order valence-electron chi connectivity index (χ1n) is 9.27. The Bertz CT molecular complexity index is 647. The van der Waals surface area contributed by atoms with Crippen molar-refractivity contribution < 1.29 is 4.74 Å². The number of para-hydroxylation sites is 1. The molecular formula is C21H29N3O. The van der Waals surface area contributed by atoms with Crippen LogP contribution < -0.4 is 4.74 Å². The fourth-order valence-corrected chi connectivity index (χ4v) is 3.82. The molecule has 134 valence electrons. The second-order valence-electron chi connectivity index (χ2n) is 6.76. The predicted molar refractivity (Wildman–Crippen MR) is 102 cm³/mol. The SMILES string of the molecule is CCN1CCC[C@H]1CN(Cc1ccncc1)Cc1ccccc1OC. The van der Waals surface area contributed by atoms with E-state index >= 15 is 0 Å². The lowest BCUT2D eigenvalue weighted by Gasteiger charge is -2.30. The summed E-state index contributed by atoms with van der Waals surface area (Å²) in [5.41, 5.74) is 2.56. The van der Waals surface area contributed by atoms with Crippen LogP contribution in [0, 0.1) is 0 Å². The molecule has 0 unspecified atom stereocenters. The predicted octanol–water partition coefficient (Wildman–Crippen LogP) is 3.58. The number of benzene rings is 1. The van der Waals surface area contributed by atoms with Gasteiger partial charge in [0, 0.05) is 43.6 Å². The fraction of sp³-hybridized carbons (Fsp3) is 0.476. The molecule has 1 aliphatic heterocycles. The Morgan fingerprint density at radius 3 is 2.72 bits per heavy atom. The third-order valence-electron chi connectivity index (χ3n) is 5.12. The number of methoxy groups -OCH3 is 1. The second-order valence-corrected chi connectivity index (χ2v) is 6.76. The van der Waals surface area contributed by atoms with Gasteiger partial charge in [-0.3, -0.25) is 14.8 Å². The maximum atomic E-state index is 5.56. The fourth-order valence-electron chi connectivity index (χ4n) is 3.82. The number of nitrogens with zero attached hydrogens (tertiary/aromatic N) is 3. The lowest BCUT2D eigenvalue weighted by atomic mass is 10.1. The summed E-state index contributed by atoms with van der Waals surface area (Å²) in [6.45, 7) is 7.58. The van der Waals surface area contributed by atoms with Gasteiger partial charge in [0.05, 0.1) is 7.11 Å². The molecule has 1 atom stereocenters. The van der Waals surface area contributed by atoms with Crippen molar-refractivity contribution >= 4 is 0 Å². The number of hydrogen-bond donors (Lipinski definition) is 0. The van der Waals surface area contributed by atoms with Gasteiger partial charge in [0.1, 0.15) is 5.75 Å². The van der Waals surface area contributed by atoms with Crippen molar-refractivity contribution in [2.75, 3.05) is 26.7 Å². The van der Waals surface area contributed by atoms with Gasteiger partial charge >= 0.3 is 0 Å². The number of ether oxygens (including phenoxy) is 1. The maximum absolute atomic E-state index is 5.56. The lowest BCUT2D eigenvalue weighted by Crippen LogP contribution is -2.39. The van der Waals surface area contributed by atoms with Gasteiger partial charge in [0.2, 0.25) is 0 Å². The van der Waals surface area contributed by atoms with Gasteiger partial charge in [-0.25, -0.2) is 0 Å². The zero-order valence-corrected chi connectivity index (χ0v) is 15.4. The van der Waals surface area contributed by atoms with Gasteiger partial charge in [0.15, 0.2) is 0 Å². The van der Waals surface area contributed by atoms with Crippen molar-refractivity contribution in [1.82, 2.24) is 14.8 Å². The molecule has 1 aromatic heterocycles. The Balaban J connectivity index is 1.76. The number of aromatic nitrogens is 1. The van der Waals surface area contributed by atoms with E-state index in [0.29, 0.717) is 6.04 Å². The molecule has 3 rings (SSSR count). The smallest absolute Gasteiger partial charge is 0.123 e. The highest BCUT2D eigenvalue weighted by Crippen LogP contribution is 2.23. The molecule has 1 fully saturated rings. The van der Waals surface area contributed by atoms with E-state index in [1.807, 2.05) is 24.5 Å². The van der Waals surface area contributed by atoms with E-state index in [-0.39, 0.29) is 0 Å². The summed E-state index contributed by atoms with van der Waals surface area (Å²) in [5.74, 6) is 0.973. The minimum absolute atomic E-state index is 0.654. The lowest BCUT2D eigenvalue weighted by molar-refractivity contribution is 0.165. The molecule has 1 saturated heterocycles. The van der Waals surface area contributed by atoms with Crippen molar-refractivity contribution in [2.24, 2.45) is 0 Å². The Morgan fingerprint density at radius 1 is 1.16 bits per heavy atom. The largest absolute Gasteiger partial charge is 0.496 e. The molecule has 2 aromatic rings. The Kier molecular flexibility index (Phi) is 6.42. The molecular weight excluding hydrogens is 310 g/mol. The second kappa shape index (κ2) is 8.97. The van der Waals surface area contributed by atoms with E-state index < -0.39 is 0 Å². The normalized spacial score (nSPS) is 18.0. The molecule has 2 heterocycles. The van der Waals surface area contributed by atoms with Gasteiger partial charge in [-0.2, -0.15) is 0 Å². The molecule has 0 spiro atoms. The third kappa shape index (κ3) is 4.80. The Morgan fingerprint density at radius 2 is 1.96 bits per heavy atom. The highest BCUT2D eigenvalue weighted by molar-refractivity contribution is 5.33. The van der Waals surface area contributed by atoms with E-state index in [2.05, 4.69) is 46.0 Å². The van der Waals surface area contributed by atoms with E-state index in [0.717, 1.165) is 31.9 Å². The van der Waals surface area contributed by atoms with Crippen molar-refractivity contribution in [3.63, 3.8) is 0 Å². The van der Waals surface area contributed by atoms with Crippen molar-refractivity contribution in [3.8, 4) is 5.75 Å². The van der Waals surface area contributed by atoms with E-state index in [9.17, 15) is 0 Å². The summed E-state index contributed by atoms with van der Waals surface area (Å²) < 4.78 is 5.56. The van der Waals surface area contributed by atoms with Gasteiger partial charge in [-0.15, -0.1) is 0 Å². The van der Waals surface area contributed by atoms with Gasteiger partial charge in [-0.05, 0) is 49.7 Å². The summed E-state index contributed by atoms with van der Waals surface area (Å²) in [6.07, 6.45) is 6.37. The molecule has 25 heavy (non-hydrogen) atoms. The molecule has 0 amide bonds.